The first kappa shape index (κ1) is 17.1. The molecule has 0 aliphatic carbocycles. The summed E-state index contributed by atoms with van der Waals surface area (Å²) in [4.78, 5) is 4.18. The van der Waals surface area contributed by atoms with Crippen LogP contribution in [0.2, 0.25) is 0 Å². The SMILES string of the molecule is CN=C(NCCCOC)NCc1ccc(OC)cc1OC. The number of hydrogen-bond donors (Lipinski definition) is 2. The van der Waals surface area contributed by atoms with Gasteiger partial charge in [0.1, 0.15) is 11.5 Å². The lowest BCUT2D eigenvalue weighted by molar-refractivity contribution is 0.195. The van der Waals surface area contributed by atoms with Crippen LogP contribution >= 0.6 is 0 Å². The molecule has 0 saturated carbocycles. The molecule has 0 unspecified atom stereocenters. The molecule has 6 heteroatoms. The van der Waals surface area contributed by atoms with E-state index in [0.29, 0.717) is 6.54 Å². The van der Waals surface area contributed by atoms with Gasteiger partial charge in [-0.3, -0.25) is 4.99 Å². The second-order valence-corrected chi connectivity index (χ2v) is 4.38. The first-order valence-corrected chi connectivity index (χ1v) is 6.89. The molecule has 0 heterocycles. The van der Waals surface area contributed by atoms with Gasteiger partial charge in [-0.2, -0.15) is 0 Å². The van der Waals surface area contributed by atoms with Crippen LogP contribution in [0.15, 0.2) is 23.2 Å². The molecule has 1 aromatic rings. The minimum atomic E-state index is 0.622. The van der Waals surface area contributed by atoms with Gasteiger partial charge in [-0.1, -0.05) is 0 Å². The molecule has 0 radical (unpaired) electrons. The maximum atomic E-state index is 5.37. The summed E-state index contributed by atoms with van der Waals surface area (Å²) >= 11 is 0. The Labute approximate surface area is 126 Å². The van der Waals surface area contributed by atoms with Gasteiger partial charge in [0.25, 0.3) is 0 Å². The first-order valence-electron chi connectivity index (χ1n) is 6.89. The van der Waals surface area contributed by atoms with Crippen LogP contribution in [0.3, 0.4) is 0 Å². The molecule has 0 saturated heterocycles. The minimum absolute atomic E-state index is 0.622. The maximum absolute atomic E-state index is 5.37. The van der Waals surface area contributed by atoms with Crippen molar-refractivity contribution in [2.24, 2.45) is 4.99 Å². The third-order valence-corrected chi connectivity index (χ3v) is 2.98. The molecule has 1 rings (SSSR count). The standard InChI is InChI=1S/C15H25N3O3/c1-16-15(17-8-5-9-19-2)18-11-12-6-7-13(20-3)10-14(12)21-4/h6-7,10H,5,8-9,11H2,1-4H3,(H2,16,17,18). The first-order chi connectivity index (χ1) is 10.2. The number of nitrogens with zero attached hydrogens (tertiary/aromatic N) is 1. The summed E-state index contributed by atoms with van der Waals surface area (Å²) < 4.78 is 15.6. The van der Waals surface area contributed by atoms with Crippen molar-refractivity contribution in [3.63, 3.8) is 0 Å². The van der Waals surface area contributed by atoms with Crippen molar-refractivity contribution in [2.75, 3.05) is 41.5 Å². The summed E-state index contributed by atoms with van der Waals surface area (Å²) in [6, 6.07) is 5.75. The highest BCUT2D eigenvalue weighted by molar-refractivity contribution is 5.79. The summed E-state index contributed by atoms with van der Waals surface area (Å²) in [5, 5.41) is 6.48. The molecule has 0 aliphatic heterocycles. The Kier molecular flexibility index (Phi) is 8.04. The summed E-state index contributed by atoms with van der Waals surface area (Å²) in [5.74, 6) is 2.32. The van der Waals surface area contributed by atoms with Gasteiger partial charge in [0.05, 0.1) is 14.2 Å². The maximum Gasteiger partial charge on any atom is 0.191 e. The quantitative estimate of drug-likeness (QED) is 0.431. The molecule has 21 heavy (non-hydrogen) atoms. The molecule has 0 aromatic heterocycles. The third kappa shape index (κ3) is 5.91. The monoisotopic (exact) mass is 295 g/mol. The number of methoxy groups -OCH3 is 3. The molecule has 2 N–H and O–H groups in total. The normalized spacial score (nSPS) is 11.1. The van der Waals surface area contributed by atoms with E-state index in [9.17, 15) is 0 Å². The molecule has 6 nitrogen and oxygen atoms in total. The van der Waals surface area contributed by atoms with Crippen molar-refractivity contribution in [1.82, 2.24) is 10.6 Å². The third-order valence-electron chi connectivity index (χ3n) is 2.98. The zero-order valence-corrected chi connectivity index (χ0v) is 13.2. The molecular formula is C15H25N3O3. The smallest absolute Gasteiger partial charge is 0.191 e. The highest BCUT2D eigenvalue weighted by Crippen LogP contribution is 2.24. The average Bonchev–Trinajstić information content (AvgIpc) is 2.54. The van der Waals surface area contributed by atoms with Gasteiger partial charge < -0.3 is 24.8 Å². The van der Waals surface area contributed by atoms with Crippen molar-refractivity contribution < 1.29 is 14.2 Å². The summed E-state index contributed by atoms with van der Waals surface area (Å²) in [7, 11) is 6.73. The minimum Gasteiger partial charge on any atom is -0.497 e. The van der Waals surface area contributed by atoms with Crippen LogP contribution in [0.1, 0.15) is 12.0 Å². The predicted octanol–water partition coefficient (Wildman–Crippen LogP) is 1.41. The van der Waals surface area contributed by atoms with Gasteiger partial charge in [0.15, 0.2) is 5.96 Å². The van der Waals surface area contributed by atoms with E-state index in [2.05, 4.69) is 15.6 Å². The summed E-state index contributed by atoms with van der Waals surface area (Å²) in [5.41, 5.74) is 1.04. The van der Waals surface area contributed by atoms with E-state index in [0.717, 1.165) is 42.6 Å². The number of ether oxygens (including phenoxy) is 3. The van der Waals surface area contributed by atoms with Crippen LogP contribution in [-0.2, 0) is 11.3 Å². The number of benzene rings is 1. The Morgan fingerprint density at radius 2 is 1.95 bits per heavy atom. The van der Waals surface area contributed by atoms with Crippen LogP contribution in [0, 0.1) is 0 Å². The van der Waals surface area contributed by atoms with E-state index in [4.69, 9.17) is 14.2 Å². The molecule has 0 bridgehead atoms. The van der Waals surface area contributed by atoms with Gasteiger partial charge in [0, 0.05) is 45.5 Å². The molecule has 0 fully saturated rings. The lowest BCUT2D eigenvalue weighted by Gasteiger charge is -2.14. The zero-order chi connectivity index (χ0) is 15.5. The fourth-order valence-electron chi connectivity index (χ4n) is 1.82. The van der Waals surface area contributed by atoms with Crippen LogP contribution in [0.25, 0.3) is 0 Å². The van der Waals surface area contributed by atoms with Crippen LogP contribution in [0.4, 0.5) is 0 Å². The number of hydrogen-bond acceptors (Lipinski definition) is 4. The Balaban J connectivity index is 2.52. The Morgan fingerprint density at radius 3 is 2.57 bits per heavy atom. The lowest BCUT2D eigenvalue weighted by Crippen LogP contribution is -2.37. The van der Waals surface area contributed by atoms with Crippen LogP contribution in [0.5, 0.6) is 11.5 Å². The number of rotatable bonds is 8. The van der Waals surface area contributed by atoms with E-state index in [1.54, 1.807) is 28.4 Å². The van der Waals surface area contributed by atoms with Crippen molar-refractivity contribution in [1.29, 1.82) is 0 Å². The van der Waals surface area contributed by atoms with Gasteiger partial charge in [0.2, 0.25) is 0 Å². The van der Waals surface area contributed by atoms with Crippen LogP contribution in [-0.4, -0.2) is 47.5 Å². The molecule has 0 aliphatic rings. The second-order valence-electron chi connectivity index (χ2n) is 4.38. The second kappa shape index (κ2) is 9.88. The zero-order valence-electron chi connectivity index (χ0n) is 13.2. The molecule has 1 aromatic carbocycles. The average molecular weight is 295 g/mol. The fourth-order valence-corrected chi connectivity index (χ4v) is 1.82. The lowest BCUT2D eigenvalue weighted by atomic mass is 10.2. The largest absolute Gasteiger partial charge is 0.497 e. The van der Waals surface area contributed by atoms with E-state index in [-0.39, 0.29) is 0 Å². The molecule has 0 amide bonds. The summed E-state index contributed by atoms with van der Waals surface area (Å²) in [6.07, 6.45) is 0.934. The fraction of sp³-hybridized carbons (Fsp3) is 0.533. The van der Waals surface area contributed by atoms with Crippen LogP contribution < -0.4 is 20.1 Å². The molecule has 118 valence electrons. The topological polar surface area (TPSA) is 64.1 Å². The van der Waals surface area contributed by atoms with E-state index < -0.39 is 0 Å². The number of nitrogens with one attached hydrogen (secondary N) is 2. The number of aliphatic imine (C=N–C) groups is 1. The molecule has 0 atom stereocenters. The van der Waals surface area contributed by atoms with Gasteiger partial charge in [-0.25, -0.2) is 0 Å². The Morgan fingerprint density at radius 1 is 1.14 bits per heavy atom. The predicted molar refractivity (Wildman–Crippen MR) is 84.2 cm³/mol. The highest BCUT2D eigenvalue weighted by atomic mass is 16.5. The molecule has 0 spiro atoms. The van der Waals surface area contributed by atoms with E-state index in [1.807, 2.05) is 18.2 Å². The van der Waals surface area contributed by atoms with Crippen molar-refractivity contribution >= 4 is 5.96 Å². The number of guanidine groups is 1. The van der Waals surface area contributed by atoms with E-state index >= 15 is 0 Å². The van der Waals surface area contributed by atoms with Crippen molar-refractivity contribution in [3.05, 3.63) is 23.8 Å². The Bertz CT molecular complexity index is 450. The van der Waals surface area contributed by atoms with E-state index in [1.165, 1.54) is 0 Å². The van der Waals surface area contributed by atoms with Crippen molar-refractivity contribution in [2.45, 2.75) is 13.0 Å². The molecular weight excluding hydrogens is 270 g/mol. The Hall–Kier alpha value is -1.95. The van der Waals surface area contributed by atoms with Crippen molar-refractivity contribution in [3.8, 4) is 11.5 Å². The highest BCUT2D eigenvalue weighted by Gasteiger charge is 2.06. The van der Waals surface area contributed by atoms with Gasteiger partial charge >= 0.3 is 0 Å². The summed E-state index contributed by atoms with van der Waals surface area (Å²) in [6.45, 7) is 2.17. The van der Waals surface area contributed by atoms with Gasteiger partial charge in [-0.15, -0.1) is 0 Å². The van der Waals surface area contributed by atoms with Gasteiger partial charge in [-0.05, 0) is 18.6 Å².